The summed E-state index contributed by atoms with van der Waals surface area (Å²) >= 11 is 1.45. The number of hydrogen-bond donors (Lipinski definition) is 3. The monoisotopic (exact) mass is 301 g/mol. The minimum atomic E-state index is -0.345. The summed E-state index contributed by atoms with van der Waals surface area (Å²) in [7, 11) is 0. The summed E-state index contributed by atoms with van der Waals surface area (Å²) in [6.45, 7) is 6.65. The van der Waals surface area contributed by atoms with E-state index in [9.17, 15) is 9.59 Å². The van der Waals surface area contributed by atoms with Crippen LogP contribution in [0.25, 0.3) is 0 Å². The van der Waals surface area contributed by atoms with Gasteiger partial charge < -0.3 is 11.1 Å². The van der Waals surface area contributed by atoms with E-state index < -0.39 is 0 Å². The summed E-state index contributed by atoms with van der Waals surface area (Å²) in [5, 5.41) is 10.2. The van der Waals surface area contributed by atoms with E-state index in [2.05, 4.69) is 15.5 Å². The molecule has 1 atom stereocenters. The predicted octanol–water partition coefficient (Wildman–Crippen LogP) is 0.488. The lowest BCUT2D eigenvalue weighted by molar-refractivity contribution is -0.120. The minimum absolute atomic E-state index is 0.0499. The molecule has 0 spiro atoms. The summed E-state index contributed by atoms with van der Waals surface area (Å²) in [5.74, 6) is 0.323. The van der Waals surface area contributed by atoms with E-state index in [4.69, 9.17) is 5.73 Å². The van der Waals surface area contributed by atoms with Gasteiger partial charge in [-0.2, -0.15) is 0 Å². The van der Waals surface area contributed by atoms with Gasteiger partial charge in [0.25, 0.3) is 0 Å². The van der Waals surface area contributed by atoms with Gasteiger partial charge in [-0.1, -0.05) is 18.7 Å². The van der Waals surface area contributed by atoms with Gasteiger partial charge in [0, 0.05) is 11.8 Å². The molecule has 1 unspecified atom stereocenters. The smallest absolute Gasteiger partial charge is 0.344 e. The van der Waals surface area contributed by atoms with Crippen molar-refractivity contribution in [1.82, 2.24) is 20.1 Å². The topological polar surface area (TPSA) is 106 Å². The Morgan fingerprint density at radius 2 is 2.25 bits per heavy atom. The molecule has 7 nitrogen and oxygen atoms in total. The van der Waals surface area contributed by atoms with E-state index in [-0.39, 0.29) is 23.7 Å². The lowest BCUT2D eigenvalue weighted by Crippen LogP contribution is -2.42. The minimum Gasteiger partial charge on any atom is -0.368 e. The van der Waals surface area contributed by atoms with Crippen LogP contribution >= 0.6 is 11.8 Å². The summed E-state index contributed by atoms with van der Waals surface area (Å²) < 4.78 is 1.60. The molecule has 0 fully saturated rings. The van der Waals surface area contributed by atoms with Crippen molar-refractivity contribution in [2.75, 3.05) is 12.3 Å². The van der Waals surface area contributed by atoms with Gasteiger partial charge in [0.15, 0.2) is 5.16 Å². The van der Waals surface area contributed by atoms with E-state index in [1.165, 1.54) is 11.8 Å². The van der Waals surface area contributed by atoms with Crippen molar-refractivity contribution in [2.45, 2.75) is 50.9 Å². The average molecular weight is 301 g/mol. The van der Waals surface area contributed by atoms with Crippen LogP contribution in [0, 0.1) is 0 Å². The van der Waals surface area contributed by atoms with Crippen LogP contribution < -0.4 is 16.7 Å². The van der Waals surface area contributed by atoms with E-state index in [1.54, 1.807) is 4.57 Å². The lowest BCUT2D eigenvalue weighted by Gasteiger charge is -2.14. The van der Waals surface area contributed by atoms with Crippen LogP contribution in [0.15, 0.2) is 9.95 Å². The number of carbonyl (C=O) groups excluding carboxylic acids is 1. The molecule has 1 amide bonds. The Bertz CT molecular complexity index is 482. The highest BCUT2D eigenvalue weighted by molar-refractivity contribution is 7.99. The van der Waals surface area contributed by atoms with Crippen molar-refractivity contribution in [3.63, 3.8) is 0 Å². The summed E-state index contributed by atoms with van der Waals surface area (Å²) in [5.41, 5.74) is 5.14. The van der Waals surface area contributed by atoms with Crippen LogP contribution in [0.2, 0.25) is 0 Å². The van der Waals surface area contributed by atoms with Crippen molar-refractivity contribution >= 4 is 17.7 Å². The molecule has 0 aromatic carbocycles. The first-order valence-electron chi connectivity index (χ1n) is 6.79. The number of aromatic nitrogens is 3. The fourth-order valence-corrected chi connectivity index (χ4v) is 2.86. The first kappa shape index (κ1) is 16.8. The fraction of sp³-hybridized carbons (Fsp3) is 0.750. The Morgan fingerprint density at radius 1 is 1.55 bits per heavy atom. The average Bonchev–Trinajstić information content (AvgIpc) is 2.74. The summed E-state index contributed by atoms with van der Waals surface area (Å²) in [6, 6.07) is -0.283. The quantitative estimate of drug-likeness (QED) is 0.576. The number of nitrogens with two attached hydrogens (primary N) is 1. The van der Waals surface area contributed by atoms with E-state index >= 15 is 0 Å². The van der Waals surface area contributed by atoms with Crippen LogP contribution in [-0.2, 0) is 4.79 Å². The standard InChI is InChI=1S/C12H23N5O2S/c1-4-6-14-9(10(13)18)5-7-20-12-16-15-11(19)17(12)8(2)3/h8-9,14H,4-7H2,1-3H3,(H2,13,18)(H,15,19). The molecule has 114 valence electrons. The van der Waals surface area contributed by atoms with Crippen molar-refractivity contribution in [2.24, 2.45) is 5.73 Å². The SMILES string of the molecule is CCCNC(CCSc1n[nH]c(=O)n1C(C)C)C(N)=O. The van der Waals surface area contributed by atoms with Crippen LogP contribution in [0.3, 0.4) is 0 Å². The Balaban J connectivity index is 2.54. The molecule has 1 heterocycles. The zero-order chi connectivity index (χ0) is 15.1. The molecule has 8 heteroatoms. The van der Waals surface area contributed by atoms with Gasteiger partial charge in [-0.25, -0.2) is 9.89 Å². The van der Waals surface area contributed by atoms with Crippen LogP contribution in [0.5, 0.6) is 0 Å². The number of primary amides is 1. The highest BCUT2D eigenvalue weighted by Crippen LogP contribution is 2.18. The molecule has 0 aliphatic heterocycles. The Labute approximate surface area is 122 Å². The van der Waals surface area contributed by atoms with Gasteiger partial charge in [-0.15, -0.1) is 5.10 Å². The molecule has 20 heavy (non-hydrogen) atoms. The Morgan fingerprint density at radius 3 is 2.80 bits per heavy atom. The lowest BCUT2D eigenvalue weighted by atomic mass is 10.2. The maximum atomic E-state index is 11.6. The molecule has 0 radical (unpaired) electrons. The number of hydrogen-bond acceptors (Lipinski definition) is 5. The number of thioether (sulfide) groups is 1. The molecular formula is C12H23N5O2S. The molecule has 0 saturated carbocycles. The van der Waals surface area contributed by atoms with Gasteiger partial charge in [0.1, 0.15) is 0 Å². The number of nitrogens with zero attached hydrogens (tertiary/aromatic N) is 2. The largest absolute Gasteiger partial charge is 0.368 e. The van der Waals surface area contributed by atoms with Crippen LogP contribution in [-0.4, -0.2) is 39.0 Å². The Kier molecular flexibility index (Phi) is 6.80. The Hall–Kier alpha value is -1.28. The molecular weight excluding hydrogens is 278 g/mol. The van der Waals surface area contributed by atoms with Crippen molar-refractivity contribution < 1.29 is 4.79 Å². The van der Waals surface area contributed by atoms with Crippen LogP contribution in [0.4, 0.5) is 0 Å². The highest BCUT2D eigenvalue weighted by Gasteiger charge is 2.16. The number of aromatic amines is 1. The van der Waals surface area contributed by atoms with Gasteiger partial charge >= 0.3 is 5.69 Å². The molecule has 1 aromatic heterocycles. The van der Waals surface area contributed by atoms with E-state index in [0.29, 0.717) is 17.3 Å². The number of rotatable bonds is 9. The zero-order valence-corrected chi connectivity index (χ0v) is 13.0. The molecule has 0 saturated heterocycles. The predicted molar refractivity (Wildman–Crippen MR) is 79.8 cm³/mol. The number of nitrogens with one attached hydrogen (secondary N) is 2. The highest BCUT2D eigenvalue weighted by atomic mass is 32.2. The zero-order valence-electron chi connectivity index (χ0n) is 12.2. The maximum Gasteiger partial charge on any atom is 0.344 e. The number of H-pyrrole nitrogens is 1. The van der Waals surface area contributed by atoms with Crippen molar-refractivity contribution in [3.05, 3.63) is 10.5 Å². The summed E-state index contributed by atoms with van der Waals surface area (Å²) in [6.07, 6.45) is 1.56. The molecule has 1 aromatic rings. The second-order valence-corrected chi connectivity index (χ2v) is 5.88. The first-order chi connectivity index (χ1) is 9.47. The molecule has 0 aliphatic rings. The number of carbonyl (C=O) groups is 1. The van der Waals surface area contributed by atoms with Gasteiger partial charge in [-0.3, -0.25) is 9.36 Å². The molecule has 1 rings (SSSR count). The normalized spacial score (nSPS) is 12.8. The van der Waals surface area contributed by atoms with Gasteiger partial charge in [0.2, 0.25) is 5.91 Å². The van der Waals surface area contributed by atoms with Crippen LogP contribution in [0.1, 0.15) is 39.7 Å². The molecule has 4 N–H and O–H groups in total. The third kappa shape index (κ3) is 4.68. The maximum absolute atomic E-state index is 11.6. The number of amides is 1. The van der Waals surface area contributed by atoms with Gasteiger partial charge in [0.05, 0.1) is 6.04 Å². The van der Waals surface area contributed by atoms with E-state index in [1.807, 2.05) is 20.8 Å². The second kappa shape index (κ2) is 8.11. The second-order valence-electron chi connectivity index (χ2n) is 4.82. The van der Waals surface area contributed by atoms with E-state index in [0.717, 1.165) is 13.0 Å². The third-order valence-corrected chi connectivity index (χ3v) is 3.80. The fourth-order valence-electron chi connectivity index (χ4n) is 1.78. The van der Waals surface area contributed by atoms with Crippen molar-refractivity contribution in [1.29, 1.82) is 0 Å². The van der Waals surface area contributed by atoms with Gasteiger partial charge in [-0.05, 0) is 33.2 Å². The molecule has 0 aliphatic carbocycles. The molecule has 0 bridgehead atoms. The summed E-state index contributed by atoms with van der Waals surface area (Å²) in [4.78, 5) is 22.9. The first-order valence-corrected chi connectivity index (χ1v) is 7.78. The van der Waals surface area contributed by atoms with Crippen molar-refractivity contribution in [3.8, 4) is 0 Å². The third-order valence-electron chi connectivity index (χ3n) is 2.81.